The average molecular weight is 370 g/mol. The van der Waals surface area contributed by atoms with Crippen LogP contribution in [0.3, 0.4) is 0 Å². The zero-order chi connectivity index (χ0) is 18.4. The van der Waals surface area contributed by atoms with E-state index in [2.05, 4.69) is 10.3 Å². The molecule has 3 aliphatic rings. The molecule has 0 spiro atoms. The molecule has 1 aliphatic carbocycles. The van der Waals surface area contributed by atoms with Gasteiger partial charge in [0.25, 0.3) is 5.91 Å². The SMILES string of the molecule is CC(Oc1ccc2c(c1)OCO2)C(=O)N1CCC(n2cc(C3CC3)nn2)C1. The van der Waals surface area contributed by atoms with Crippen molar-refractivity contribution in [2.24, 2.45) is 0 Å². The van der Waals surface area contributed by atoms with Gasteiger partial charge in [-0.2, -0.15) is 0 Å². The van der Waals surface area contributed by atoms with E-state index >= 15 is 0 Å². The largest absolute Gasteiger partial charge is 0.481 e. The summed E-state index contributed by atoms with van der Waals surface area (Å²) in [6.45, 7) is 3.34. The Bertz CT molecular complexity index is 863. The number of benzene rings is 1. The average Bonchev–Trinajstić information content (AvgIpc) is 3.09. The van der Waals surface area contributed by atoms with Crippen molar-refractivity contribution in [2.75, 3.05) is 19.9 Å². The first-order valence-corrected chi connectivity index (χ1v) is 9.44. The van der Waals surface area contributed by atoms with Crippen LogP contribution in [0.25, 0.3) is 0 Å². The van der Waals surface area contributed by atoms with Crippen molar-refractivity contribution < 1.29 is 19.0 Å². The number of amides is 1. The Balaban J connectivity index is 1.20. The first-order valence-electron chi connectivity index (χ1n) is 9.44. The predicted molar refractivity (Wildman–Crippen MR) is 94.9 cm³/mol. The van der Waals surface area contributed by atoms with E-state index in [1.54, 1.807) is 25.1 Å². The molecule has 1 saturated carbocycles. The summed E-state index contributed by atoms with van der Waals surface area (Å²) in [6, 6.07) is 5.53. The molecular weight excluding hydrogens is 348 g/mol. The van der Waals surface area contributed by atoms with E-state index in [4.69, 9.17) is 14.2 Å². The number of nitrogens with zero attached hydrogens (tertiary/aromatic N) is 4. The summed E-state index contributed by atoms with van der Waals surface area (Å²) >= 11 is 0. The zero-order valence-corrected chi connectivity index (χ0v) is 15.2. The third-order valence-corrected chi connectivity index (χ3v) is 5.38. The number of rotatable bonds is 5. The molecule has 2 unspecified atom stereocenters. The molecule has 142 valence electrons. The lowest BCUT2D eigenvalue weighted by atomic mass is 10.2. The Labute approximate surface area is 157 Å². The number of hydrogen-bond donors (Lipinski definition) is 0. The molecule has 1 aromatic heterocycles. The molecule has 5 rings (SSSR count). The Morgan fingerprint density at radius 2 is 2.11 bits per heavy atom. The van der Waals surface area contributed by atoms with Crippen molar-refractivity contribution >= 4 is 5.91 Å². The Kier molecular flexibility index (Phi) is 3.91. The molecule has 2 fully saturated rings. The van der Waals surface area contributed by atoms with Gasteiger partial charge in [0, 0.05) is 31.3 Å². The molecule has 27 heavy (non-hydrogen) atoms. The fourth-order valence-corrected chi connectivity index (χ4v) is 3.65. The third-order valence-electron chi connectivity index (χ3n) is 5.38. The monoisotopic (exact) mass is 370 g/mol. The summed E-state index contributed by atoms with van der Waals surface area (Å²) in [5.41, 5.74) is 1.08. The maximum absolute atomic E-state index is 12.8. The highest BCUT2D eigenvalue weighted by Gasteiger charge is 2.33. The van der Waals surface area contributed by atoms with Crippen LogP contribution < -0.4 is 14.2 Å². The molecule has 3 heterocycles. The summed E-state index contributed by atoms with van der Waals surface area (Å²) in [5, 5.41) is 8.55. The lowest BCUT2D eigenvalue weighted by molar-refractivity contribution is -0.136. The third kappa shape index (κ3) is 3.20. The topological polar surface area (TPSA) is 78.7 Å². The molecular formula is C19H22N4O4. The second-order valence-electron chi connectivity index (χ2n) is 7.40. The quantitative estimate of drug-likeness (QED) is 0.802. The van der Waals surface area contributed by atoms with Crippen LogP contribution in [0.5, 0.6) is 17.2 Å². The predicted octanol–water partition coefficient (Wildman–Crippen LogP) is 2.13. The Hall–Kier alpha value is -2.77. The van der Waals surface area contributed by atoms with Gasteiger partial charge in [0.15, 0.2) is 17.6 Å². The molecule has 0 bridgehead atoms. The number of carbonyl (C=O) groups excluding carboxylic acids is 1. The van der Waals surface area contributed by atoms with Crippen LogP contribution in [-0.4, -0.2) is 51.8 Å². The van der Waals surface area contributed by atoms with Gasteiger partial charge in [0.05, 0.1) is 11.7 Å². The smallest absolute Gasteiger partial charge is 0.263 e. The standard InChI is InChI=1S/C19H22N4O4/c1-12(27-15-4-5-17-18(8-15)26-11-25-17)19(24)22-7-6-14(9-22)23-10-16(20-21-23)13-2-3-13/h4-5,8,10,12-14H,2-3,6-7,9,11H2,1H3. The van der Waals surface area contributed by atoms with E-state index in [9.17, 15) is 4.79 Å². The number of aromatic nitrogens is 3. The van der Waals surface area contributed by atoms with E-state index < -0.39 is 6.10 Å². The number of hydrogen-bond acceptors (Lipinski definition) is 6. The maximum Gasteiger partial charge on any atom is 0.263 e. The summed E-state index contributed by atoms with van der Waals surface area (Å²) in [6.07, 6.45) is 4.78. The highest BCUT2D eigenvalue weighted by atomic mass is 16.7. The summed E-state index contributed by atoms with van der Waals surface area (Å²) < 4.78 is 18.4. The summed E-state index contributed by atoms with van der Waals surface area (Å²) in [5.74, 6) is 2.51. The molecule has 0 radical (unpaired) electrons. The fourth-order valence-electron chi connectivity index (χ4n) is 3.65. The lowest BCUT2D eigenvalue weighted by Gasteiger charge is -2.22. The van der Waals surface area contributed by atoms with E-state index in [1.807, 2.05) is 15.8 Å². The van der Waals surface area contributed by atoms with Crippen molar-refractivity contribution in [3.05, 3.63) is 30.1 Å². The van der Waals surface area contributed by atoms with Crippen molar-refractivity contribution in [1.29, 1.82) is 0 Å². The first-order chi connectivity index (χ1) is 13.2. The lowest BCUT2D eigenvalue weighted by Crippen LogP contribution is -2.39. The molecule has 0 N–H and O–H groups in total. The number of carbonyl (C=O) groups is 1. The zero-order valence-electron chi connectivity index (χ0n) is 15.2. The van der Waals surface area contributed by atoms with Crippen LogP contribution in [0.4, 0.5) is 0 Å². The van der Waals surface area contributed by atoms with Gasteiger partial charge in [-0.1, -0.05) is 5.21 Å². The minimum atomic E-state index is -0.568. The first kappa shape index (κ1) is 16.4. The van der Waals surface area contributed by atoms with Gasteiger partial charge in [-0.3, -0.25) is 4.79 Å². The normalized spacial score (nSPS) is 22.1. The molecule has 1 aromatic carbocycles. The highest BCUT2D eigenvalue weighted by Crippen LogP contribution is 2.39. The van der Waals surface area contributed by atoms with Crippen LogP contribution in [-0.2, 0) is 4.79 Å². The number of ether oxygens (including phenoxy) is 3. The molecule has 8 heteroatoms. The van der Waals surface area contributed by atoms with Crippen molar-refractivity contribution in [2.45, 2.75) is 44.2 Å². The van der Waals surface area contributed by atoms with Crippen molar-refractivity contribution in [1.82, 2.24) is 19.9 Å². The summed E-state index contributed by atoms with van der Waals surface area (Å²) in [4.78, 5) is 14.6. The van der Waals surface area contributed by atoms with Gasteiger partial charge in [-0.05, 0) is 38.3 Å². The van der Waals surface area contributed by atoms with Crippen LogP contribution in [0.15, 0.2) is 24.4 Å². The Morgan fingerprint density at radius 1 is 1.26 bits per heavy atom. The number of fused-ring (bicyclic) bond motifs is 1. The minimum absolute atomic E-state index is 0.0160. The molecule has 2 aliphatic heterocycles. The Morgan fingerprint density at radius 3 is 2.96 bits per heavy atom. The molecule has 8 nitrogen and oxygen atoms in total. The van der Waals surface area contributed by atoms with E-state index in [1.165, 1.54) is 12.8 Å². The van der Waals surface area contributed by atoms with Crippen LogP contribution in [0.2, 0.25) is 0 Å². The van der Waals surface area contributed by atoms with E-state index in [0.717, 1.165) is 12.1 Å². The van der Waals surface area contributed by atoms with Crippen LogP contribution in [0, 0.1) is 0 Å². The summed E-state index contributed by atoms with van der Waals surface area (Å²) in [7, 11) is 0. The van der Waals surface area contributed by atoms with Crippen molar-refractivity contribution in [3.8, 4) is 17.2 Å². The van der Waals surface area contributed by atoms with Crippen molar-refractivity contribution in [3.63, 3.8) is 0 Å². The van der Waals surface area contributed by atoms with Gasteiger partial charge in [-0.25, -0.2) is 4.68 Å². The maximum atomic E-state index is 12.8. The minimum Gasteiger partial charge on any atom is -0.481 e. The molecule has 2 aromatic rings. The van der Waals surface area contributed by atoms with Crippen LogP contribution >= 0.6 is 0 Å². The molecule has 1 saturated heterocycles. The van der Waals surface area contributed by atoms with E-state index in [-0.39, 0.29) is 18.7 Å². The second kappa shape index (κ2) is 6.44. The van der Waals surface area contributed by atoms with Gasteiger partial charge in [0.1, 0.15) is 5.75 Å². The number of likely N-dealkylation sites (tertiary alicyclic amines) is 1. The highest BCUT2D eigenvalue weighted by molar-refractivity contribution is 5.81. The van der Waals surface area contributed by atoms with Gasteiger partial charge >= 0.3 is 0 Å². The molecule has 1 amide bonds. The van der Waals surface area contributed by atoms with Gasteiger partial charge in [0.2, 0.25) is 6.79 Å². The second-order valence-corrected chi connectivity index (χ2v) is 7.40. The molecule has 2 atom stereocenters. The van der Waals surface area contributed by atoms with E-state index in [0.29, 0.717) is 36.3 Å². The van der Waals surface area contributed by atoms with Gasteiger partial charge in [-0.15, -0.1) is 5.10 Å². The van der Waals surface area contributed by atoms with Crippen LogP contribution in [0.1, 0.15) is 43.8 Å². The van der Waals surface area contributed by atoms with Gasteiger partial charge < -0.3 is 19.1 Å². The fraction of sp³-hybridized carbons (Fsp3) is 0.526.